The zero-order chi connectivity index (χ0) is 10.4. The summed E-state index contributed by atoms with van der Waals surface area (Å²) in [6.45, 7) is 6.63. The number of hydrogen-bond acceptors (Lipinski definition) is 2. The largest absolute Gasteiger partial charge is 0.338 e. The van der Waals surface area contributed by atoms with Crippen molar-refractivity contribution in [3.63, 3.8) is 0 Å². The first-order valence-corrected chi connectivity index (χ1v) is 5.43. The third-order valence-corrected chi connectivity index (χ3v) is 2.48. The third kappa shape index (κ3) is 3.14. The van der Waals surface area contributed by atoms with Gasteiger partial charge in [-0.3, -0.25) is 0 Å². The standard InChI is InChI=1S/C11H21N3/c1-4-6-12-7-5-10(2)11-13-8-9-14(11)3/h8-10,12H,4-7H2,1-3H3. The van der Waals surface area contributed by atoms with Gasteiger partial charge in [0.2, 0.25) is 0 Å². The second kappa shape index (κ2) is 5.81. The topological polar surface area (TPSA) is 29.9 Å². The molecule has 0 aliphatic carbocycles. The Morgan fingerprint density at radius 2 is 2.29 bits per heavy atom. The van der Waals surface area contributed by atoms with E-state index in [0.717, 1.165) is 19.5 Å². The zero-order valence-electron chi connectivity index (χ0n) is 9.45. The molecule has 0 aromatic carbocycles. The lowest BCUT2D eigenvalue weighted by molar-refractivity contribution is 0.560. The smallest absolute Gasteiger partial charge is 0.111 e. The molecule has 1 heterocycles. The molecule has 0 spiro atoms. The average Bonchev–Trinajstić information content (AvgIpc) is 2.59. The van der Waals surface area contributed by atoms with E-state index in [1.807, 2.05) is 12.4 Å². The molecule has 1 aromatic rings. The maximum absolute atomic E-state index is 4.35. The van der Waals surface area contributed by atoms with Gasteiger partial charge in [0, 0.05) is 25.4 Å². The number of hydrogen-bond donors (Lipinski definition) is 1. The molecule has 0 radical (unpaired) electrons. The summed E-state index contributed by atoms with van der Waals surface area (Å²) >= 11 is 0. The van der Waals surface area contributed by atoms with Crippen LogP contribution in [0.2, 0.25) is 0 Å². The van der Waals surface area contributed by atoms with Crippen LogP contribution in [0.1, 0.15) is 38.4 Å². The predicted molar refractivity (Wildman–Crippen MR) is 59.4 cm³/mol. The predicted octanol–water partition coefficient (Wildman–Crippen LogP) is 1.91. The highest BCUT2D eigenvalue weighted by molar-refractivity contribution is 4.97. The van der Waals surface area contributed by atoms with Crippen molar-refractivity contribution in [1.29, 1.82) is 0 Å². The van der Waals surface area contributed by atoms with Crippen LogP contribution in [-0.2, 0) is 7.05 Å². The Labute approximate surface area is 86.5 Å². The molecule has 0 saturated carbocycles. The Morgan fingerprint density at radius 1 is 1.50 bits per heavy atom. The van der Waals surface area contributed by atoms with Gasteiger partial charge < -0.3 is 9.88 Å². The van der Waals surface area contributed by atoms with E-state index in [1.165, 1.54) is 12.2 Å². The Kier molecular flexibility index (Phi) is 4.66. The minimum absolute atomic E-state index is 0.541. The lowest BCUT2D eigenvalue weighted by Crippen LogP contribution is -2.18. The molecule has 0 bridgehead atoms. The molecule has 0 aliphatic rings. The van der Waals surface area contributed by atoms with Crippen molar-refractivity contribution in [2.75, 3.05) is 13.1 Å². The van der Waals surface area contributed by atoms with E-state index in [-0.39, 0.29) is 0 Å². The van der Waals surface area contributed by atoms with Gasteiger partial charge in [-0.15, -0.1) is 0 Å². The minimum Gasteiger partial charge on any atom is -0.338 e. The quantitative estimate of drug-likeness (QED) is 0.703. The van der Waals surface area contributed by atoms with E-state index in [1.54, 1.807) is 0 Å². The molecule has 3 heteroatoms. The molecule has 14 heavy (non-hydrogen) atoms. The summed E-state index contributed by atoms with van der Waals surface area (Å²) < 4.78 is 2.10. The molecule has 1 aromatic heterocycles. The molecule has 0 aliphatic heterocycles. The van der Waals surface area contributed by atoms with E-state index in [9.17, 15) is 0 Å². The Bertz CT molecular complexity index is 255. The van der Waals surface area contributed by atoms with Crippen LogP contribution >= 0.6 is 0 Å². The maximum atomic E-state index is 4.35. The van der Waals surface area contributed by atoms with Crippen LogP contribution in [0, 0.1) is 0 Å². The summed E-state index contributed by atoms with van der Waals surface area (Å²) in [6.07, 6.45) is 6.23. The number of aromatic nitrogens is 2. The highest BCUT2D eigenvalue weighted by atomic mass is 15.0. The molecular formula is C11H21N3. The van der Waals surface area contributed by atoms with Crippen molar-refractivity contribution in [3.8, 4) is 0 Å². The molecule has 80 valence electrons. The summed E-state index contributed by atoms with van der Waals surface area (Å²) in [7, 11) is 2.05. The SMILES string of the molecule is CCCNCCC(C)c1nccn1C. The van der Waals surface area contributed by atoms with Crippen LogP contribution in [0.4, 0.5) is 0 Å². The molecule has 1 N–H and O–H groups in total. The van der Waals surface area contributed by atoms with Gasteiger partial charge in [-0.05, 0) is 25.9 Å². The molecule has 1 unspecified atom stereocenters. The van der Waals surface area contributed by atoms with E-state index >= 15 is 0 Å². The number of rotatable bonds is 6. The monoisotopic (exact) mass is 195 g/mol. The fourth-order valence-corrected chi connectivity index (χ4v) is 1.60. The van der Waals surface area contributed by atoms with Crippen LogP contribution in [0.15, 0.2) is 12.4 Å². The fraction of sp³-hybridized carbons (Fsp3) is 0.727. The van der Waals surface area contributed by atoms with Gasteiger partial charge in [-0.1, -0.05) is 13.8 Å². The van der Waals surface area contributed by atoms with Crippen molar-refractivity contribution in [2.24, 2.45) is 7.05 Å². The van der Waals surface area contributed by atoms with Crippen LogP contribution in [0.5, 0.6) is 0 Å². The van der Waals surface area contributed by atoms with Gasteiger partial charge in [0.25, 0.3) is 0 Å². The van der Waals surface area contributed by atoms with Crippen LogP contribution in [0.3, 0.4) is 0 Å². The highest BCUT2D eigenvalue weighted by Gasteiger charge is 2.08. The van der Waals surface area contributed by atoms with Gasteiger partial charge in [0.05, 0.1) is 0 Å². The first-order valence-electron chi connectivity index (χ1n) is 5.43. The highest BCUT2D eigenvalue weighted by Crippen LogP contribution is 2.15. The van der Waals surface area contributed by atoms with Crippen LogP contribution in [0.25, 0.3) is 0 Å². The molecule has 0 amide bonds. The number of imidazole rings is 1. The summed E-state index contributed by atoms with van der Waals surface area (Å²) in [5.74, 6) is 1.72. The number of nitrogens with one attached hydrogen (secondary N) is 1. The average molecular weight is 195 g/mol. The number of aryl methyl sites for hydroxylation is 1. The van der Waals surface area contributed by atoms with Crippen molar-refractivity contribution < 1.29 is 0 Å². The molecular weight excluding hydrogens is 174 g/mol. The van der Waals surface area contributed by atoms with Gasteiger partial charge in [0.15, 0.2) is 0 Å². The zero-order valence-corrected chi connectivity index (χ0v) is 9.45. The third-order valence-electron chi connectivity index (χ3n) is 2.48. The van der Waals surface area contributed by atoms with Gasteiger partial charge >= 0.3 is 0 Å². The first kappa shape index (κ1) is 11.2. The Morgan fingerprint density at radius 3 is 2.86 bits per heavy atom. The van der Waals surface area contributed by atoms with Gasteiger partial charge in [-0.25, -0.2) is 4.98 Å². The van der Waals surface area contributed by atoms with E-state index in [2.05, 4.69) is 35.8 Å². The molecule has 0 saturated heterocycles. The number of nitrogens with zero attached hydrogens (tertiary/aromatic N) is 2. The summed E-state index contributed by atoms with van der Waals surface area (Å²) in [4.78, 5) is 4.35. The summed E-state index contributed by atoms with van der Waals surface area (Å²) in [6, 6.07) is 0. The molecule has 0 fully saturated rings. The minimum atomic E-state index is 0.541. The van der Waals surface area contributed by atoms with E-state index in [4.69, 9.17) is 0 Å². The van der Waals surface area contributed by atoms with Crippen molar-refractivity contribution in [3.05, 3.63) is 18.2 Å². The Hall–Kier alpha value is -0.830. The lowest BCUT2D eigenvalue weighted by Gasteiger charge is -2.11. The maximum Gasteiger partial charge on any atom is 0.111 e. The second-order valence-corrected chi connectivity index (χ2v) is 3.84. The van der Waals surface area contributed by atoms with Crippen molar-refractivity contribution >= 4 is 0 Å². The normalized spacial score (nSPS) is 13.1. The summed E-state index contributed by atoms with van der Waals surface area (Å²) in [5.41, 5.74) is 0. The second-order valence-electron chi connectivity index (χ2n) is 3.84. The molecule has 3 nitrogen and oxygen atoms in total. The van der Waals surface area contributed by atoms with E-state index in [0.29, 0.717) is 5.92 Å². The fourth-order valence-electron chi connectivity index (χ4n) is 1.60. The first-order chi connectivity index (χ1) is 6.75. The van der Waals surface area contributed by atoms with Crippen LogP contribution in [-0.4, -0.2) is 22.6 Å². The summed E-state index contributed by atoms with van der Waals surface area (Å²) in [5, 5.41) is 3.41. The van der Waals surface area contributed by atoms with Crippen molar-refractivity contribution in [1.82, 2.24) is 14.9 Å². The van der Waals surface area contributed by atoms with Crippen molar-refractivity contribution in [2.45, 2.75) is 32.6 Å². The molecule has 1 atom stereocenters. The Balaban J connectivity index is 2.28. The van der Waals surface area contributed by atoms with E-state index < -0.39 is 0 Å². The molecule has 1 rings (SSSR count). The lowest BCUT2D eigenvalue weighted by atomic mass is 10.1. The van der Waals surface area contributed by atoms with Crippen LogP contribution < -0.4 is 5.32 Å². The van der Waals surface area contributed by atoms with Gasteiger partial charge in [-0.2, -0.15) is 0 Å². The van der Waals surface area contributed by atoms with Gasteiger partial charge in [0.1, 0.15) is 5.82 Å².